The molecule has 0 rings (SSSR count). The Hall–Kier alpha value is -1.16. The molecule has 0 aromatic heterocycles. The van der Waals surface area contributed by atoms with Crippen molar-refractivity contribution in [2.75, 3.05) is 0 Å². The lowest BCUT2D eigenvalue weighted by Crippen LogP contribution is -2.25. The van der Waals surface area contributed by atoms with Crippen LogP contribution in [0.2, 0.25) is 0 Å². The van der Waals surface area contributed by atoms with Crippen molar-refractivity contribution in [1.29, 1.82) is 0 Å². The Morgan fingerprint density at radius 2 is 1.75 bits per heavy atom. The van der Waals surface area contributed by atoms with E-state index in [9.17, 15) is 4.79 Å². The van der Waals surface area contributed by atoms with Gasteiger partial charge >= 0.3 is 0 Å². The second-order valence-corrected chi connectivity index (χ2v) is 2.72. The van der Waals surface area contributed by atoms with Crippen molar-refractivity contribution in [3.63, 3.8) is 0 Å². The lowest BCUT2D eigenvalue weighted by Gasteiger charge is -1.99. The van der Waals surface area contributed by atoms with Crippen LogP contribution in [0.25, 0.3) is 0 Å². The molecule has 0 bridgehead atoms. The molecule has 0 aliphatic heterocycles. The molecule has 0 saturated carbocycles. The highest BCUT2D eigenvalue weighted by Gasteiger charge is 2.02. The topological polar surface area (TPSA) is 61.7 Å². The van der Waals surface area contributed by atoms with Gasteiger partial charge in [-0.2, -0.15) is 0 Å². The molecule has 0 spiro atoms. The van der Waals surface area contributed by atoms with Gasteiger partial charge in [0.15, 0.2) is 0 Å². The largest absolute Gasteiger partial charge is 0.288 e. The van der Waals surface area contributed by atoms with Gasteiger partial charge in [0.25, 0.3) is 5.91 Å². The zero-order valence-corrected chi connectivity index (χ0v) is 7.80. The Labute approximate surface area is 72.0 Å². The fraction of sp³-hybridized carbons (Fsp3) is 0.500. The molecule has 0 atom stereocenters. The van der Waals surface area contributed by atoms with Gasteiger partial charge in [-0.05, 0) is 27.7 Å². The van der Waals surface area contributed by atoms with Crippen molar-refractivity contribution < 1.29 is 10.0 Å². The first-order valence-corrected chi connectivity index (χ1v) is 3.62. The molecule has 0 aromatic rings. The summed E-state index contributed by atoms with van der Waals surface area (Å²) in [6, 6.07) is 0. The highest BCUT2D eigenvalue weighted by molar-refractivity contribution is 6.37. The van der Waals surface area contributed by atoms with Crippen LogP contribution in [0.1, 0.15) is 27.7 Å². The zero-order valence-electron chi connectivity index (χ0n) is 7.80. The molecule has 0 aliphatic carbocycles. The van der Waals surface area contributed by atoms with Gasteiger partial charge in [0.05, 0.1) is 0 Å². The SMILES string of the molecule is CC(=NC(C)=C(C)C)C(=O)NO. The number of aliphatic imine (C=N–C) groups is 1. The van der Waals surface area contributed by atoms with Crippen molar-refractivity contribution in [3.05, 3.63) is 11.3 Å². The first-order valence-electron chi connectivity index (χ1n) is 3.62. The molecular formula is C8H14N2O2. The predicted molar refractivity (Wildman–Crippen MR) is 47.1 cm³/mol. The minimum atomic E-state index is -0.574. The third-order valence-corrected chi connectivity index (χ3v) is 1.49. The molecule has 0 saturated heterocycles. The smallest absolute Gasteiger partial charge is 0.288 e. The number of carbonyl (C=O) groups excluding carboxylic acids is 1. The molecule has 4 heteroatoms. The molecule has 1 amide bonds. The molecular weight excluding hydrogens is 156 g/mol. The van der Waals surface area contributed by atoms with Crippen LogP contribution in [0.4, 0.5) is 0 Å². The van der Waals surface area contributed by atoms with Crippen LogP contribution < -0.4 is 5.48 Å². The fourth-order valence-corrected chi connectivity index (χ4v) is 0.495. The van der Waals surface area contributed by atoms with E-state index in [-0.39, 0.29) is 5.71 Å². The average molecular weight is 170 g/mol. The summed E-state index contributed by atoms with van der Waals surface area (Å²) in [4.78, 5) is 14.7. The zero-order chi connectivity index (χ0) is 9.72. The van der Waals surface area contributed by atoms with E-state index in [4.69, 9.17) is 5.21 Å². The normalized spacial score (nSPS) is 10.9. The van der Waals surface area contributed by atoms with E-state index >= 15 is 0 Å². The van der Waals surface area contributed by atoms with E-state index in [1.54, 1.807) is 0 Å². The molecule has 2 N–H and O–H groups in total. The van der Waals surface area contributed by atoms with Crippen LogP contribution in [0.5, 0.6) is 0 Å². The molecule has 68 valence electrons. The van der Waals surface area contributed by atoms with Crippen LogP contribution in [0.15, 0.2) is 16.3 Å². The van der Waals surface area contributed by atoms with Crippen molar-refractivity contribution in [1.82, 2.24) is 5.48 Å². The van der Waals surface area contributed by atoms with E-state index in [0.717, 1.165) is 11.3 Å². The van der Waals surface area contributed by atoms with Gasteiger partial charge in [0, 0.05) is 5.70 Å². The summed E-state index contributed by atoms with van der Waals surface area (Å²) < 4.78 is 0. The van der Waals surface area contributed by atoms with Crippen molar-refractivity contribution >= 4 is 11.6 Å². The molecule has 0 radical (unpaired) electrons. The van der Waals surface area contributed by atoms with Gasteiger partial charge < -0.3 is 0 Å². The number of allylic oxidation sites excluding steroid dienone is 2. The molecule has 0 aliphatic rings. The maximum Gasteiger partial charge on any atom is 0.288 e. The Morgan fingerprint density at radius 1 is 1.25 bits per heavy atom. The third-order valence-electron chi connectivity index (χ3n) is 1.49. The van der Waals surface area contributed by atoms with Crippen molar-refractivity contribution in [3.8, 4) is 0 Å². The number of carbonyl (C=O) groups is 1. The minimum absolute atomic E-state index is 0.246. The van der Waals surface area contributed by atoms with Crippen molar-refractivity contribution in [2.24, 2.45) is 4.99 Å². The second kappa shape index (κ2) is 4.66. The summed E-state index contributed by atoms with van der Waals surface area (Å²) in [6.07, 6.45) is 0. The minimum Gasteiger partial charge on any atom is -0.288 e. The highest BCUT2D eigenvalue weighted by Crippen LogP contribution is 2.03. The van der Waals surface area contributed by atoms with Gasteiger partial charge in [-0.3, -0.25) is 15.0 Å². The van der Waals surface area contributed by atoms with E-state index in [1.807, 2.05) is 20.8 Å². The van der Waals surface area contributed by atoms with Crippen molar-refractivity contribution in [2.45, 2.75) is 27.7 Å². The van der Waals surface area contributed by atoms with Gasteiger partial charge in [-0.1, -0.05) is 5.57 Å². The maximum absolute atomic E-state index is 10.8. The summed E-state index contributed by atoms with van der Waals surface area (Å²) in [5.74, 6) is -0.574. The van der Waals surface area contributed by atoms with Crippen LogP contribution >= 0.6 is 0 Å². The average Bonchev–Trinajstić information content (AvgIpc) is 2.02. The molecule has 0 aromatic carbocycles. The predicted octanol–water partition coefficient (Wildman–Crippen LogP) is 1.27. The van der Waals surface area contributed by atoms with E-state index in [2.05, 4.69) is 4.99 Å². The van der Waals surface area contributed by atoms with Gasteiger partial charge in [-0.15, -0.1) is 0 Å². The maximum atomic E-state index is 10.8. The van der Waals surface area contributed by atoms with Gasteiger partial charge in [0.1, 0.15) is 5.71 Å². The summed E-state index contributed by atoms with van der Waals surface area (Å²) in [5.41, 5.74) is 3.59. The fourth-order valence-electron chi connectivity index (χ4n) is 0.495. The number of nitrogens with one attached hydrogen (secondary N) is 1. The summed E-state index contributed by atoms with van der Waals surface area (Å²) >= 11 is 0. The number of amides is 1. The lowest BCUT2D eigenvalue weighted by atomic mass is 10.3. The molecule has 0 unspecified atom stereocenters. The standard InChI is InChI=1S/C8H14N2O2/c1-5(2)6(3)9-7(4)8(11)10-12/h12H,1-4H3,(H,10,11). The summed E-state index contributed by atoms with van der Waals surface area (Å²) in [6.45, 7) is 7.16. The van der Waals surface area contributed by atoms with Gasteiger partial charge in [0.2, 0.25) is 0 Å². The quantitative estimate of drug-likeness (QED) is 0.372. The highest BCUT2D eigenvalue weighted by atomic mass is 16.5. The van der Waals surface area contributed by atoms with Crippen LogP contribution in [-0.4, -0.2) is 16.8 Å². The Bertz CT molecular complexity index is 237. The van der Waals surface area contributed by atoms with E-state index in [1.165, 1.54) is 12.4 Å². The summed E-state index contributed by atoms with van der Waals surface area (Å²) in [5, 5.41) is 8.26. The first kappa shape index (κ1) is 10.8. The van der Waals surface area contributed by atoms with Crippen LogP contribution in [0, 0.1) is 0 Å². The third kappa shape index (κ3) is 3.30. The van der Waals surface area contributed by atoms with Gasteiger partial charge in [-0.25, -0.2) is 5.48 Å². The number of rotatable bonds is 2. The Kier molecular flexibility index (Phi) is 4.21. The number of nitrogens with zero attached hydrogens (tertiary/aromatic N) is 1. The Balaban J connectivity index is 4.58. The monoisotopic (exact) mass is 170 g/mol. The van der Waals surface area contributed by atoms with Crippen LogP contribution in [-0.2, 0) is 4.79 Å². The number of hydrogen-bond acceptors (Lipinski definition) is 3. The number of hydrogen-bond donors (Lipinski definition) is 2. The molecule has 4 nitrogen and oxygen atoms in total. The summed E-state index contributed by atoms with van der Waals surface area (Å²) in [7, 11) is 0. The molecule has 0 fully saturated rings. The number of hydroxylamine groups is 1. The van der Waals surface area contributed by atoms with E-state index < -0.39 is 5.91 Å². The lowest BCUT2D eigenvalue weighted by molar-refractivity contribution is -0.122. The Morgan fingerprint density at radius 3 is 2.08 bits per heavy atom. The van der Waals surface area contributed by atoms with Crippen LogP contribution in [0.3, 0.4) is 0 Å². The molecule has 12 heavy (non-hydrogen) atoms. The molecule has 0 heterocycles. The van der Waals surface area contributed by atoms with E-state index in [0.29, 0.717) is 0 Å². The second-order valence-electron chi connectivity index (χ2n) is 2.72. The first-order chi connectivity index (χ1) is 5.49.